The first-order chi connectivity index (χ1) is 4.31. The number of Topliss-reactive ketones (excluding diaryl/α,β-unsaturated/α-hetero) is 1. The van der Waals surface area contributed by atoms with E-state index >= 15 is 0 Å². The van der Waals surface area contributed by atoms with Gasteiger partial charge in [-0.1, -0.05) is 38.5 Å². The first-order valence-electron chi connectivity index (χ1n) is 2.95. The number of halogens is 2. The van der Waals surface area contributed by atoms with Gasteiger partial charge in [0.2, 0.25) is 0 Å². The SMILES string of the molecule is O=C(CI)CCCCBr. The smallest absolute Gasteiger partial charge is 0.142 e. The molecule has 0 rings (SSSR count). The van der Waals surface area contributed by atoms with Gasteiger partial charge >= 0.3 is 0 Å². The second-order valence-electron chi connectivity index (χ2n) is 1.82. The molecule has 1 nitrogen and oxygen atoms in total. The lowest BCUT2D eigenvalue weighted by atomic mass is 10.2. The summed E-state index contributed by atoms with van der Waals surface area (Å²) < 4.78 is 0.667. The first-order valence-corrected chi connectivity index (χ1v) is 5.59. The summed E-state index contributed by atoms with van der Waals surface area (Å²) in [5, 5.41) is 1.02. The predicted molar refractivity (Wildman–Crippen MR) is 51.5 cm³/mol. The van der Waals surface area contributed by atoms with Crippen molar-refractivity contribution in [2.24, 2.45) is 0 Å². The van der Waals surface area contributed by atoms with Gasteiger partial charge < -0.3 is 0 Å². The van der Waals surface area contributed by atoms with E-state index in [0.29, 0.717) is 10.2 Å². The molecule has 0 heterocycles. The molecule has 0 aromatic carbocycles. The number of hydrogen-bond donors (Lipinski definition) is 0. The molecule has 0 saturated carbocycles. The average Bonchev–Trinajstić information content (AvgIpc) is 1.89. The molecule has 0 radical (unpaired) electrons. The minimum Gasteiger partial charge on any atom is -0.299 e. The Morgan fingerprint density at radius 1 is 1.44 bits per heavy atom. The van der Waals surface area contributed by atoms with E-state index in [0.717, 1.165) is 24.6 Å². The van der Waals surface area contributed by atoms with Crippen LogP contribution >= 0.6 is 38.5 Å². The van der Waals surface area contributed by atoms with Gasteiger partial charge in [0.05, 0.1) is 4.43 Å². The van der Waals surface area contributed by atoms with Gasteiger partial charge in [-0.25, -0.2) is 0 Å². The molecule has 0 bridgehead atoms. The molecule has 0 saturated heterocycles. The highest BCUT2D eigenvalue weighted by Gasteiger charge is 1.96. The Labute approximate surface area is 77.9 Å². The maximum absolute atomic E-state index is 10.7. The van der Waals surface area contributed by atoms with Crippen LogP contribution in [0.25, 0.3) is 0 Å². The van der Waals surface area contributed by atoms with E-state index in [2.05, 4.69) is 38.5 Å². The third-order valence-electron chi connectivity index (χ3n) is 0.988. The molecule has 0 aliphatic heterocycles. The Balaban J connectivity index is 2.97. The van der Waals surface area contributed by atoms with Crippen LogP contribution < -0.4 is 0 Å². The highest BCUT2D eigenvalue weighted by molar-refractivity contribution is 14.1. The number of carbonyl (C=O) groups is 1. The lowest BCUT2D eigenvalue weighted by molar-refractivity contribution is -0.116. The second-order valence-corrected chi connectivity index (χ2v) is 3.37. The van der Waals surface area contributed by atoms with Gasteiger partial charge in [0.1, 0.15) is 5.78 Å². The van der Waals surface area contributed by atoms with Crippen LogP contribution in [0.3, 0.4) is 0 Å². The van der Waals surface area contributed by atoms with Crippen LogP contribution in [0.4, 0.5) is 0 Å². The summed E-state index contributed by atoms with van der Waals surface area (Å²) in [5.74, 6) is 0.372. The summed E-state index contributed by atoms with van der Waals surface area (Å²) in [6, 6.07) is 0. The van der Waals surface area contributed by atoms with Crippen LogP contribution in [-0.2, 0) is 4.79 Å². The lowest BCUT2D eigenvalue weighted by Gasteiger charge is -1.92. The van der Waals surface area contributed by atoms with E-state index in [4.69, 9.17) is 0 Å². The van der Waals surface area contributed by atoms with Crippen molar-refractivity contribution in [3.05, 3.63) is 0 Å². The minimum absolute atomic E-state index is 0.372. The third-order valence-corrected chi connectivity index (χ3v) is 2.40. The maximum Gasteiger partial charge on any atom is 0.142 e. The molecule has 0 unspecified atom stereocenters. The molecule has 0 spiro atoms. The van der Waals surface area contributed by atoms with E-state index in [1.165, 1.54) is 0 Å². The van der Waals surface area contributed by atoms with Gasteiger partial charge in [0.25, 0.3) is 0 Å². The topological polar surface area (TPSA) is 17.1 Å². The van der Waals surface area contributed by atoms with Gasteiger partial charge in [-0.15, -0.1) is 0 Å². The standard InChI is InChI=1S/C6H10BrIO/c7-4-2-1-3-6(9)5-8/h1-5H2. The highest BCUT2D eigenvalue weighted by atomic mass is 127. The first kappa shape index (κ1) is 9.88. The molecule has 0 aromatic rings. The van der Waals surface area contributed by atoms with E-state index in [1.54, 1.807) is 0 Å². The summed E-state index contributed by atoms with van der Waals surface area (Å²) >= 11 is 5.41. The van der Waals surface area contributed by atoms with Crippen LogP contribution in [0.2, 0.25) is 0 Å². The Bertz CT molecular complexity index is 85.1. The Morgan fingerprint density at radius 3 is 2.56 bits per heavy atom. The molecule has 9 heavy (non-hydrogen) atoms. The molecule has 0 amide bonds. The van der Waals surface area contributed by atoms with Crippen molar-refractivity contribution in [1.82, 2.24) is 0 Å². The number of hydrogen-bond acceptors (Lipinski definition) is 1. The molecule has 0 aromatic heterocycles. The molecule has 0 atom stereocenters. The van der Waals surface area contributed by atoms with E-state index in [-0.39, 0.29) is 0 Å². The largest absolute Gasteiger partial charge is 0.299 e. The van der Waals surface area contributed by atoms with Crippen LogP contribution in [0.15, 0.2) is 0 Å². The van der Waals surface area contributed by atoms with Crippen molar-refractivity contribution in [2.45, 2.75) is 19.3 Å². The Hall–Kier alpha value is 0.880. The molecular weight excluding hydrogens is 295 g/mol. The number of ketones is 1. The summed E-state index contributed by atoms with van der Waals surface area (Å²) in [6.07, 6.45) is 2.91. The predicted octanol–water partition coefficient (Wildman–Crippen LogP) is 2.56. The van der Waals surface area contributed by atoms with Gasteiger partial charge in [-0.2, -0.15) is 0 Å². The second kappa shape index (κ2) is 6.99. The van der Waals surface area contributed by atoms with Crippen molar-refractivity contribution >= 4 is 44.3 Å². The van der Waals surface area contributed by atoms with E-state index < -0.39 is 0 Å². The zero-order valence-electron chi connectivity index (χ0n) is 5.20. The summed E-state index contributed by atoms with van der Waals surface area (Å²) in [6.45, 7) is 0. The molecule has 0 aliphatic carbocycles. The van der Waals surface area contributed by atoms with Crippen LogP contribution in [0, 0.1) is 0 Å². The maximum atomic E-state index is 10.7. The quantitative estimate of drug-likeness (QED) is 0.433. The molecule has 0 N–H and O–H groups in total. The van der Waals surface area contributed by atoms with Crippen molar-refractivity contribution in [2.75, 3.05) is 9.76 Å². The van der Waals surface area contributed by atoms with Crippen molar-refractivity contribution in [1.29, 1.82) is 0 Å². The summed E-state index contributed by atoms with van der Waals surface area (Å²) in [4.78, 5) is 10.7. The fourth-order valence-electron chi connectivity index (χ4n) is 0.483. The highest BCUT2D eigenvalue weighted by Crippen LogP contribution is 2.00. The number of unbranched alkanes of at least 4 members (excludes halogenated alkanes) is 1. The fourth-order valence-corrected chi connectivity index (χ4v) is 1.26. The number of rotatable bonds is 5. The molecule has 0 fully saturated rings. The van der Waals surface area contributed by atoms with Gasteiger partial charge in [-0.05, 0) is 12.8 Å². The monoisotopic (exact) mass is 304 g/mol. The zero-order valence-corrected chi connectivity index (χ0v) is 8.94. The zero-order chi connectivity index (χ0) is 7.11. The molecule has 0 aliphatic rings. The Kier molecular flexibility index (Phi) is 7.68. The average molecular weight is 305 g/mol. The summed E-state index contributed by atoms with van der Waals surface area (Å²) in [7, 11) is 0. The number of alkyl halides is 2. The van der Waals surface area contributed by atoms with Gasteiger partial charge in [0.15, 0.2) is 0 Å². The fraction of sp³-hybridized carbons (Fsp3) is 0.833. The van der Waals surface area contributed by atoms with Crippen molar-refractivity contribution in [3.8, 4) is 0 Å². The normalized spacial score (nSPS) is 9.56. The summed E-state index contributed by atoms with van der Waals surface area (Å²) in [5.41, 5.74) is 0. The van der Waals surface area contributed by atoms with Crippen LogP contribution in [0.1, 0.15) is 19.3 Å². The van der Waals surface area contributed by atoms with Crippen LogP contribution in [0.5, 0.6) is 0 Å². The van der Waals surface area contributed by atoms with Crippen molar-refractivity contribution < 1.29 is 4.79 Å². The van der Waals surface area contributed by atoms with Crippen LogP contribution in [-0.4, -0.2) is 15.5 Å². The lowest BCUT2D eigenvalue weighted by Crippen LogP contribution is -1.97. The molecule has 54 valence electrons. The third kappa shape index (κ3) is 6.77. The molecular formula is C6H10BrIO. The molecule has 3 heteroatoms. The number of carbonyl (C=O) groups excluding carboxylic acids is 1. The van der Waals surface area contributed by atoms with E-state index in [1.807, 2.05) is 0 Å². The van der Waals surface area contributed by atoms with E-state index in [9.17, 15) is 4.79 Å². The van der Waals surface area contributed by atoms with Gasteiger partial charge in [-0.3, -0.25) is 4.79 Å². The Morgan fingerprint density at radius 2 is 2.11 bits per heavy atom. The van der Waals surface area contributed by atoms with Crippen molar-refractivity contribution in [3.63, 3.8) is 0 Å². The van der Waals surface area contributed by atoms with Gasteiger partial charge in [0, 0.05) is 11.8 Å². The minimum atomic E-state index is 0.372.